The van der Waals surface area contributed by atoms with Gasteiger partial charge in [-0.2, -0.15) is 0 Å². The van der Waals surface area contributed by atoms with Crippen molar-refractivity contribution in [1.29, 1.82) is 0 Å². The Balaban J connectivity index is 1.73. The molecule has 0 amide bonds. The van der Waals surface area contributed by atoms with E-state index in [9.17, 15) is 9.59 Å². The Morgan fingerprint density at radius 2 is 1.39 bits per heavy atom. The van der Waals surface area contributed by atoms with Crippen molar-refractivity contribution in [2.45, 2.75) is 143 Å². The molecular formula is C38H64NO7. The Morgan fingerprint density at radius 3 is 2.00 bits per heavy atom. The van der Waals surface area contributed by atoms with Gasteiger partial charge in [-0.15, -0.1) is 0 Å². The van der Waals surface area contributed by atoms with Crippen molar-refractivity contribution in [3.8, 4) is 0 Å². The first-order chi connectivity index (χ1) is 22.4. The van der Waals surface area contributed by atoms with Crippen LogP contribution in [0.15, 0.2) is 18.2 Å². The van der Waals surface area contributed by atoms with Gasteiger partial charge in [-0.25, -0.2) is 4.79 Å². The Hall–Kier alpha value is -2.16. The molecule has 1 atom stereocenters. The van der Waals surface area contributed by atoms with Crippen molar-refractivity contribution in [2.75, 3.05) is 39.5 Å². The van der Waals surface area contributed by atoms with E-state index in [0.717, 1.165) is 74.8 Å². The molecule has 1 aliphatic rings. The third-order valence-electron chi connectivity index (χ3n) is 8.54. The molecule has 2 rings (SSSR count). The maximum Gasteiger partial charge on any atom is 0.508 e. The summed E-state index contributed by atoms with van der Waals surface area (Å²) >= 11 is 0. The zero-order chi connectivity index (χ0) is 33.2. The van der Waals surface area contributed by atoms with Gasteiger partial charge in [0.25, 0.3) is 0 Å². The molecule has 0 N–H and O–H groups in total. The van der Waals surface area contributed by atoms with Crippen LogP contribution in [-0.4, -0.2) is 62.8 Å². The maximum absolute atomic E-state index is 12.7. The lowest BCUT2D eigenvalue weighted by atomic mass is 9.99. The largest absolute Gasteiger partial charge is 0.508 e. The van der Waals surface area contributed by atoms with Crippen molar-refractivity contribution >= 4 is 12.1 Å². The van der Waals surface area contributed by atoms with Crippen LogP contribution >= 0.6 is 0 Å². The van der Waals surface area contributed by atoms with E-state index in [1.807, 2.05) is 18.2 Å². The number of rotatable bonds is 26. The number of likely N-dealkylation sites (tertiary alicyclic amines) is 1. The van der Waals surface area contributed by atoms with E-state index in [-0.39, 0.29) is 25.6 Å². The van der Waals surface area contributed by atoms with Crippen molar-refractivity contribution in [3.63, 3.8) is 0 Å². The van der Waals surface area contributed by atoms with Crippen LogP contribution in [0, 0.1) is 12.8 Å². The molecule has 1 saturated heterocycles. The second-order valence-corrected chi connectivity index (χ2v) is 12.8. The summed E-state index contributed by atoms with van der Waals surface area (Å²) in [7, 11) is 0. The molecule has 1 aliphatic heterocycles. The SMILES string of the molecule is [CH2]c1cc(COC(=O)CCC(OCCCCCCCC)OCCCCCCCC)cc(COC(=O)OCC2CCCN(CC)C2)c1. The van der Waals surface area contributed by atoms with Gasteiger partial charge in [0.1, 0.15) is 13.2 Å². The molecule has 1 fully saturated rings. The fourth-order valence-corrected chi connectivity index (χ4v) is 5.83. The molecule has 1 aromatic rings. The standard InChI is InChI=1S/C38H64NO7/c1-5-8-10-12-14-16-23-42-37(43-24-17-15-13-11-9-6-2)21-20-36(40)44-30-34-25-32(4)26-35(27-34)31-46-38(41)45-29-33-19-18-22-39(7-3)28-33/h25-27,33,37H,4-24,28-31H2,1-3H3. The van der Waals surface area contributed by atoms with Crippen molar-refractivity contribution in [3.05, 3.63) is 41.8 Å². The number of hydrogen-bond donors (Lipinski definition) is 0. The van der Waals surface area contributed by atoms with Gasteiger partial charge in [0.2, 0.25) is 0 Å². The lowest BCUT2D eigenvalue weighted by Gasteiger charge is -2.31. The number of carbonyl (C=O) groups is 2. The highest BCUT2D eigenvalue weighted by molar-refractivity contribution is 5.69. The second-order valence-electron chi connectivity index (χ2n) is 12.8. The van der Waals surface area contributed by atoms with Crippen LogP contribution in [0.4, 0.5) is 4.79 Å². The molecule has 0 aromatic heterocycles. The molecular weight excluding hydrogens is 582 g/mol. The second kappa shape index (κ2) is 25.9. The molecule has 1 radical (unpaired) electrons. The smallest absolute Gasteiger partial charge is 0.461 e. The minimum absolute atomic E-state index is 0.0719. The molecule has 8 heteroatoms. The van der Waals surface area contributed by atoms with E-state index in [4.69, 9.17) is 23.7 Å². The van der Waals surface area contributed by atoms with Crippen LogP contribution in [0.5, 0.6) is 0 Å². The predicted molar refractivity (Wildman–Crippen MR) is 183 cm³/mol. The summed E-state index contributed by atoms with van der Waals surface area (Å²) in [6, 6.07) is 5.59. The fourth-order valence-electron chi connectivity index (χ4n) is 5.83. The number of nitrogens with zero attached hydrogens (tertiary/aromatic N) is 1. The van der Waals surface area contributed by atoms with Crippen molar-refractivity contribution < 1.29 is 33.3 Å². The number of esters is 1. The summed E-state index contributed by atoms with van der Waals surface area (Å²) in [6.07, 6.45) is 16.2. The monoisotopic (exact) mass is 646 g/mol. The fraction of sp³-hybridized carbons (Fsp3) is 0.763. The number of unbranched alkanes of at least 4 members (excludes halogenated alkanes) is 10. The molecule has 8 nitrogen and oxygen atoms in total. The van der Waals surface area contributed by atoms with E-state index in [2.05, 4.69) is 32.6 Å². The maximum atomic E-state index is 12.7. The lowest BCUT2D eigenvalue weighted by molar-refractivity contribution is -0.160. The van der Waals surface area contributed by atoms with Crippen LogP contribution < -0.4 is 0 Å². The average molecular weight is 647 g/mol. The summed E-state index contributed by atoms with van der Waals surface area (Å²) in [5.74, 6) is 0.0521. The number of carbonyl (C=O) groups excluding carboxylic acids is 2. The molecule has 0 aliphatic carbocycles. The van der Waals surface area contributed by atoms with Gasteiger partial charge in [-0.3, -0.25) is 4.79 Å². The van der Waals surface area contributed by atoms with E-state index in [1.54, 1.807) is 0 Å². The minimum atomic E-state index is -0.664. The van der Waals surface area contributed by atoms with Crippen LogP contribution in [0.25, 0.3) is 0 Å². The van der Waals surface area contributed by atoms with Gasteiger partial charge >= 0.3 is 12.1 Å². The summed E-state index contributed by atoms with van der Waals surface area (Å²) < 4.78 is 28.4. The molecule has 0 bridgehead atoms. The molecule has 46 heavy (non-hydrogen) atoms. The lowest BCUT2D eigenvalue weighted by Crippen LogP contribution is -2.37. The van der Waals surface area contributed by atoms with Gasteiger partial charge in [0.15, 0.2) is 6.29 Å². The van der Waals surface area contributed by atoms with Gasteiger partial charge in [0.05, 0.1) is 13.0 Å². The topological polar surface area (TPSA) is 83.5 Å². The first-order valence-electron chi connectivity index (χ1n) is 18.3. The average Bonchev–Trinajstić information content (AvgIpc) is 3.06. The predicted octanol–water partition coefficient (Wildman–Crippen LogP) is 9.16. The van der Waals surface area contributed by atoms with Crippen LogP contribution in [0.3, 0.4) is 0 Å². The number of hydrogen-bond acceptors (Lipinski definition) is 8. The first kappa shape index (κ1) is 40.0. The van der Waals surface area contributed by atoms with Crippen LogP contribution in [0.1, 0.15) is 140 Å². The Bertz CT molecular complexity index is 922. The quantitative estimate of drug-likeness (QED) is 0.0560. The molecule has 263 valence electrons. The van der Waals surface area contributed by atoms with Gasteiger partial charge in [-0.05, 0) is 68.5 Å². The third-order valence-corrected chi connectivity index (χ3v) is 8.54. The van der Waals surface area contributed by atoms with E-state index >= 15 is 0 Å². The summed E-state index contributed by atoms with van der Waals surface area (Å²) in [4.78, 5) is 27.3. The summed E-state index contributed by atoms with van der Waals surface area (Å²) in [5.41, 5.74) is 2.33. The summed E-state index contributed by atoms with van der Waals surface area (Å²) in [6.45, 7) is 15.6. The number of ether oxygens (including phenoxy) is 5. The zero-order valence-corrected chi connectivity index (χ0v) is 29.4. The molecule has 1 aromatic carbocycles. The Morgan fingerprint density at radius 1 is 0.804 bits per heavy atom. The first-order valence-corrected chi connectivity index (χ1v) is 18.3. The van der Waals surface area contributed by atoms with E-state index in [1.165, 1.54) is 51.4 Å². The summed E-state index contributed by atoms with van der Waals surface area (Å²) in [5, 5.41) is 0. The Kier molecular flexibility index (Phi) is 22.5. The number of piperidine rings is 1. The Labute approximate surface area is 280 Å². The molecule has 0 saturated carbocycles. The highest BCUT2D eigenvalue weighted by Crippen LogP contribution is 2.18. The van der Waals surface area contributed by atoms with Gasteiger partial charge < -0.3 is 28.6 Å². The van der Waals surface area contributed by atoms with E-state index < -0.39 is 12.4 Å². The number of benzene rings is 1. The van der Waals surface area contributed by atoms with Gasteiger partial charge in [0, 0.05) is 32.1 Å². The zero-order valence-electron chi connectivity index (χ0n) is 29.4. The highest BCUT2D eigenvalue weighted by atomic mass is 16.7. The van der Waals surface area contributed by atoms with Crippen LogP contribution in [0.2, 0.25) is 0 Å². The van der Waals surface area contributed by atoms with Crippen LogP contribution in [-0.2, 0) is 41.7 Å². The normalized spacial score (nSPS) is 15.3. The van der Waals surface area contributed by atoms with Crippen molar-refractivity contribution in [1.82, 2.24) is 4.90 Å². The minimum Gasteiger partial charge on any atom is -0.461 e. The highest BCUT2D eigenvalue weighted by Gasteiger charge is 2.20. The van der Waals surface area contributed by atoms with Gasteiger partial charge in [-0.1, -0.05) is 97.1 Å². The molecule has 1 unspecified atom stereocenters. The molecule has 1 heterocycles. The van der Waals surface area contributed by atoms with Crippen molar-refractivity contribution in [2.24, 2.45) is 5.92 Å². The van der Waals surface area contributed by atoms with E-state index in [0.29, 0.717) is 32.2 Å². The molecule has 0 spiro atoms. The third kappa shape index (κ3) is 19.5.